The number of rotatable bonds is 7. The molecule has 0 aromatic rings. The van der Waals surface area contributed by atoms with Gasteiger partial charge in [-0.25, -0.2) is 0 Å². The number of aliphatic hydroxyl groups excluding tert-OH is 7. The lowest BCUT2D eigenvalue weighted by Gasteiger charge is -2.41. The van der Waals surface area contributed by atoms with Gasteiger partial charge in [-0.05, 0) is 6.92 Å². The Morgan fingerprint density at radius 2 is 1.73 bits per heavy atom. The first-order valence-electron chi connectivity index (χ1n) is 6.70. The summed E-state index contributed by atoms with van der Waals surface area (Å²) in [5.74, 6) is 0. The zero-order valence-corrected chi connectivity index (χ0v) is 11.8. The maximum atomic E-state index is 10.5. The molecule has 0 spiro atoms. The molecule has 0 bridgehead atoms. The first-order valence-corrected chi connectivity index (χ1v) is 6.70. The minimum absolute atomic E-state index is 0.0384. The Bertz CT molecular complexity index is 349. The number of carbonyl (C=O) groups excluding carboxylic acids is 1. The molecule has 1 saturated heterocycles. The quantitative estimate of drug-likeness (QED) is 0.225. The van der Waals surface area contributed by atoms with Crippen LogP contribution in [0.5, 0.6) is 0 Å². The smallest absolute Gasteiger partial charge is 0.187 e. The zero-order chi connectivity index (χ0) is 17.0. The summed E-state index contributed by atoms with van der Waals surface area (Å²) in [7, 11) is 0. The first-order chi connectivity index (χ1) is 10.2. The molecular weight excluding hydrogens is 304 g/mol. The number of carbonyl (C=O) groups is 1. The Kier molecular flexibility index (Phi) is 7.25. The third-order valence-corrected chi connectivity index (χ3v) is 3.44. The van der Waals surface area contributed by atoms with Crippen molar-refractivity contribution in [2.45, 2.75) is 62.0 Å². The van der Waals surface area contributed by atoms with E-state index >= 15 is 0 Å². The fourth-order valence-corrected chi connectivity index (χ4v) is 2.09. The predicted molar refractivity (Wildman–Crippen MR) is 68.4 cm³/mol. The standard InChI is InChI=1S/C12H22O10/c1-4(15)11(7(17)5(16)2-13)22-12-10(20)9(19)8(18)6(3-14)21-12/h2,4-12,14-20H,3H2,1H3/t4-,5+,6+,7-,8+,9-,10+,11+,12+/m0/s1. The molecule has 9 atom stereocenters. The van der Waals surface area contributed by atoms with Crippen molar-refractivity contribution in [2.75, 3.05) is 6.61 Å². The van der Waals surface area contributed by atoms with Gasteiger partial charge in [0.25, 0.3) is 0 Å². The van der Waals surface area contributed by atoms with Crippen LogP contribution in [-0.4, -0.2) is 104 Å². The number of aliphatic hydroxyl groups is 7. The fourth-order valence-electron chi connectivity index (χ4n) is 2.09. The van der Waals surface area contributed by atoms with Crippen LogP contribution in [0.25, 0.3) is 0 Å². The van der Waals surface area contributed by atoms with Crippen molar-refractivity contribution in [1.29, 1.82) is 0 Å². The van der Waals surface area contributed by atoms with E-state index < -0.39 is 61.7 Å². The van der Waals surface area contributed by atoms with Gasteiger partial charge in [0.05, 0.1) is 12.7 Å². The molecule has 0 aliphatic carbocycles. The van der Waals surface area contributed by atoms with Crippen LogP contribution in [0.3, 0.4) is 0 Å². The second-order valence-corrected chi connectivity index (χ2v) is 5.16. The molecule has 130 valence electrons. The summed E-state index contributed by atoms with van der Waals surface area (Å²) >= 11 is 0. The Hall–Kier alpha value is -0.690. The summed E-state index contributed by atoms with van der Waals surface area (Å²) in [6, 6.07) is 0. The van der Waals surface area contributed by atoms with Crippen LogP contribution in [0, 0.1) is 0 Å². The normalized spacial score (nSPS) is 38.1. The van der Waals surface area contributed by atoms with Gasteiger partial charge in [-0.15, -0.1) is 0 Å². The highest BCUT2D eigenvalue weighted by atomic mass is 16.7. The molecule has 0 aromatic carbocycles. The summed E-state index contributed by atoms with van der Waals surface area (Å²) < 4.78 is 10.2. The molecule has 0 unspecified atom stereocenters. The average molecular weight is 326 g/mol. The molecule has 1 fully saturated rings. The Morgan fingerprint density at radius 3 is 2.18 bits per heavy atom. The van der Waals surface area contributed by atoms with Crippen molar-refractivity contribution in [1.82, 2.24) is 0 Å². The molecule has 10 nitrogen and oxygen atoms in total. The summed E-state index contributed by atoms with van der Waals surface area (Å²) in [4.78, 5) is 10.5. The monoisotopic (exact) mass is 326 g/mol. The predicted octanol–water partition coefficient (Wildman–Crippen LogP) is -4.53. The van der Waals surface area contributed by atoms with Crippen LogP contribution in [0.15, 0.2) is 0 Å². The summed E-state index contributed by atoms with van der Waals surface area (Å²) in [6.07, 6.45) is -14.4. The minimum Gasteiger partial charge on any atom is -0.394 e. The summed E-state index contributed by atoms with van der Waals surface area (Å²) in [5.41, 5.74) is 0. The van der Waals surface area contributed by atoms with E-state index in [2.05, 4.69) is 0 Å². The van der Waals surface area contributed by atoms with Crippen LogP contribution >= 0.6 is 0 Å². The van der Waals surface area contributed by atoms with Crippen LogP contribution in [0.2, 0.25) is 0 Å². The highest BCUT2D eigenvalue weighted by Gasteiger charge is 2.46. The molecule has 0 amide bonds. The zero-order valence-electron chi connectivity index (χ0n) is 11.8. The molecule has 1 aliphatic rings. The molecule has 10 heteroatoms. The van der Waals surface area contributed by atoms with E-state index in [0.717, 1.165) is 0 Å². The van der Waals surface area contributed by atoms with Gasteiger partial charge in [0, 0.05) is 0 Å². The second-order valence-electron chi connectivity index (χ2n) is 5.16. The molecule has 0 radical (unpaired) electrons. The van der Waals surface area contributed by atoms with Crippen molar-refractivity contribution in [3.8, 4) is 0 Å². The first kappa shape index (κ1) is 19.4. The van der Waals surface area contributed by atoms with Gasteiger partial charge in [0.15, 0.2) is 12.6 Å². The van der Waals surface area contributed by atoms with Crippen molar-refractivity contribution in [3.05, 3.63) is 0 Å². The number of hydrogen-bond donors (Lipinski definition) is 7. The topological polar surface area (TPSA) is 177 Å². The van der Waals surface area contributed by atoms with Gasteiger partial charge < -0.3 is 50.0 Å². The van der Waals surface area contributed by atoms with E-state index in [4.69, 9.17) is 14.6 Å². The Morgan fingerprint density at radius 1 is 1.14 bits per heavy atom. The number of ether oxygens (including phenoxy) is 2. The van der Waals surface area contributed by atoms with Crippen molar-refractivity contribution >= 4 is 6.29 Å². The second kappa shape index (κ2) is 8.24. The van der Waals surface area contributed by atoms with E-state index in [0.29, 0.717) is 0 Å². The summed E-state index contributed by atoms with van der Waals surface area (Å²) in [6.45, 7) is 0.527. The van der Waals surface area contributed by atoms with E-state index in [1.807, 2.05) is 0 Å². The van der Waals surface area contributed by atoms with Crippen LogP contribution in [-0.2, 0) is 14.3 Å². The van der Waals surface area contributed by atoms with Gasteiger partial charge >= 0.3 is 0 Å². The van der Waals surface area contributed by atoms with Gasteiger partial charge in [0.1, 0.15) is 42.7 Å². The molecule has 7 N–H and O–H groups in total. The van der Waals surface area contributed by atoms with Gasteiger partial charge in [-0.2, -0.15) is 0 Å². The van der Waals surface area contributed by atoms with E-state index in [1.165, 1.54) is 6.92 Å². The minimum atomic E-state index is -1.84. The fraction of sp³-hybridized carbons (Fsp3) is 0.917. The molecular formula is C12H22O10. The molecule has 0 saturated carbocycles. The van der Waals surface area contributed by atoms with Gasteiger partial charge in [-0.1, -0.05) is 0 Å². The lowest BCUT2D eigenvalue weighted by Crippen LogP contribution is -2.61. The van der Waals surface area contributed by atoms with E-state index in [9.17, 15) is 35.4 Å². The van der Waals surface area contributed by atoms with Crippen LogP contribution in [0.1, 0.15) is 6.92 Å². The highest BCUT2D eigenvalue weighted by Crippen LogP contribution is 2.24. The highest BCUT2D eigenvalue weighted by molar-refractivity contribution is 5.56. The van der Waals surface area contributed by atoms with E-state index in [1.54, 1.807) is 0 Å². The van der Waals surface area contributed by atoms with E-state index in [-0.39, 0.29) is 6.29 Å². The molecule has 1 aliphatic heterocycles. The number of aldehydes is 1. The lowest BCUT2D eigenvalue weighted by molar-refractivity contribution is -0.324. The molecule has 22 heavy (non-hydrogen) atoms. The van der Waals surface area contributed by atoms with Crippen molar-refractivity contribution < 1.29 is 50.0 Å². The van der Waals surface area contributed by atoms with Gasteiger partial charge in [0.2, 0.25) is 0 Å². The third-order valence-electron chi connectivity index (χ3n) is 3.44. The average Bonchev–Trinajstić information content (AvgIpc) is 2.50. The molecule has 1 heterocycles. The van der Waals surface area contributed by atoms with Gasteiger partial charge in [-0.3, -0.25) is 0 Å². The van der Waals surface area contributed by atoms with Crippen LogP contribution in [0.4, 0.5) is 0 Å². The molecule has 0 aromatic heterocycles. The van der Waals surface area contributed by atoms with Crippen molar-refractivity contribution in [2.24, 2.45) is 0 Å². The maximum absolute atomic E-state index is 10.5. The Labute approximate surface area is 126 Å². The third kappa shape index (κ3) is 4.19. The lowest BCUT2D eigenvalue weighted by atomic mass is 9.98. The summed E-state index contributed by atoms with van der Waals surface area (Å²) in [5, 5.41) is 66.7. The SMILES string of the molecule is C[C@H](O)[C@@H](O[C@H]1O[C@H](CO)[C@@H](O)[C@H](O)[C@H]1O)[C@@H](O)[C@H](O)C=O. The number of hydrogen-bond acceptors (Lipinski definition) is 10. The Balaban J connectivity index is 2.85. The maximum Gasteiger partial charge on any atom is 0.187 e. The van der Waals surface area contributed by atoms with Crippen molar-refractivity contribution in [3.63, 3.8) is 0 Å². The molecule has 1 rings (SSSR count). The largest absolute Gasteiger partial charge is 0.394 e. The van der Waals surface area contributed by atoms with Crippen LogP contribution < -0.4 is 0 Å².